The molecule has 3 aliphatic heterocycles. The van der Waals surface area contributed by atoms with Crippen molar-refractivity contribution in [2.45, 2.75) is 61.4 Å². The molecule has 11 N–H and O–H groups in total. The molecule has 41 heavy (non-hydrogen) atoms. The Kier molecular flexibility index (Phi) is 8.15. The summed E-state index contributed by atoms with van der Waals surface area (Å²) in [6.07, 6.45) is -11.6. The van der Waals surface area contributed by atoms with Crippen LogP contribution in [0.3, 0.4) is 0 Å². The molecular weight excluding hydrogens is 552 g/mol. The zero-order chi connectivity index (χ0) is 29.6. The molecule has 10 unspecified atom stereocenters. The van der Waals surface area contributed by atoms with Crippen LogP contribution in [-0.2, 0) is 18.9 Å². The molecule has 5 rings (SSSR count). The van der Waals surface area contributed by atoms with E-state index in [0.717, 1.165) is 6.08 Å². The van der Waals surface area contributed by atoms with Gasteiger partial charge in [0.1, 0.15) is 48.1 Å². The Morgan fingerprint density at radius 3 is 2.34 bits per heavy atom. The molecule has 0 amide bonds. The molecule has 224 valence electrons. The molecule has 15 heteroatoms. The molecule has 1 aliphatic carbocycles. The Labute approximate surface area is 231 Å². The quantitative estimate of drug-likeness (QED) is 0.126. The Morgan fingerprint density at radius 2 is 1.63 bits per heavy atom. The fourth-order valence-corrected chi connectivity index (χ4v) is 4.81. The molecule has 0 saturated carbocycles. The van der Waals surface area contributed by atoms with Crippen molar-refractivity contribution in [3.05, 3.63) is 64.8 Å². The van der Waals surface area contributed by atoms with Crippen molar-refractivity contribution < 1.29 is 74.7 Å². The van der Waals surface area contributed by atoms with Crippen LogP contribution in [0.1, 0.15) is 5.56 Å². The van der Waals surface area contributed by atoms with E-state index in [1.807, 2.05) is 0 Å². The standard InChI is InChI=1S/C26H30O15/c27-7-18-20(34)21(35)24(41-25-22(36)19(33)15(32)8-37-25)26(40-18)39-17-6-11-13(30)4-10(28)5-16(11)38-23(17)9-1-2-12(29)14(31)3-9/h1-6,15-16,18-22,24-36H,7-8H2/p+1. The van der Waals surface area contributed by atoms with Gasteiger partial charge >= 0.3 is 5.76 Å². The Bertz CT molecular complexity index is 1270. The summed E-state index contributed by atoms with van der Waals surface area (Å²) >= 11 is 0. The van der Waals surface area contributed by atoms with Crippen molar-refractivity contribution in [2.75, 3.05) is 13.2 Å². The SMILES string of the molecule is OCC1OC(OC2=C(c3ccc(O)c(O)c3)[OH+]C3C=C(O)C=C(O)C3=C2)C(OC2OCC(O)C(O)C2O)C(O)C1O. The van der Waals surface area contributed by atoms with Crippen molar-refractivity contribution in [3.63, 3.8) is 0 Å². The van der Waals surface area contributed by atoms with E-state index in [4.69, 9.17) is 18.9 Å². The Hall–Kier alpha value is -3.38. The minimum atomic E-state index is -1.78. The van der Waals surface area contributed by atoms with Crippen molar-refractivity contribution in [1.82, 2.24) is 0 Å². The third-order valence-corrected chi connectivity index (χ3v) is 7.08. The summed E-state index contributed by atoms with van der Waals surface area (Å²) in [5.41, 5.74) is 0.420. The number of hydrogen-bond acceptors (Lipinski definition) is 14. The van der Waals surface area contributed by atoms with Crippen LogP contribution in [0, 0.1) is 0 Å². The van der Waals surface area contributed by atoms with Crippen molar-refractivity contribution in [3.8, 4) is 11.5 Å². The third kappa shape index (κ3) is 5.59. The van der Waals surface area contributed by atoms with E-state index in [1.165, 1.54) is 30.4 Å². The molecule has 0 aromatic heterocycles. The van der Waals surface area contributed by atoms with Gasteiger partial charge in [-0.2, -0.15) is 0 Å². The topological polar surface area (TPSA) is 252 Å². The molecule has 2 fully saturated rings. The number of phenolic OH excluding ortho intramolecular Hbond substituents is 2. The molecule has 4 aliphatic rings. The largest absolute Gasteiger partial charge is 0.571 e. The van der Waals surface area contributed by atoms with Gasteiger partial charge in [-0.3, -0.25) is 0 Å². The summed E-state index contributed by atoms with van der Waals surface area (Å²) in [7, 11) is 0. The first-order valence-corrected chi connectivity index (χ1v) is 12.6. The molecular formula is C26H31O15+. The van der Waals surface area contributed by atoms with Gasteiger partial charge in [0.05, 0.1) is 30.4 Å². The highest BCUT2D eigenvalue weighted by molar-refractivity contribution is 5.69. The van der Waals surface area contributed by atoms with E-state index in [0.29, 0.717) is 0 Å². The minimum absolute atomic E-state index is 0.0452. The fourth-order valence-electron chi connectivity index (χ4n) is 4.81. The van der Waals surface area contributed by atoms with Crippen LogP contribution in [0.25, 0.3) is 5.76 Å². The number of phenols is 2. The highest BCUT2D eigenvalue weighted by Crippen LogP contribution is 2.39. The summed E-state index contributed by atoms with van der Waals surface area (Å²) in [5.74, 6) is -1.55. The summed E-state index contributed by atoms with van der Waals surface area (Å²) in [6.45, 7) is -1.16. The second kappa shape index (κ2) is 11.5. The lowest BCUT2D eigenvalue weighted by Crippen LogP contribution is -2.63. The monoisotopic (exact) mass is 583 g/mol. The number of allylic oxidation sites excluding steroid dienone is 2. The van der Waals surface area contributed by atoms with Gasteiger partial charge in [0, 0.05) is 18.2 Å². The van der Waals surface area contributed by atoms with E-state index in [9.17, 15) is 51.1 Å². The normalized spacial score (nSPS) is 37.4. The molecule has 15 nitrogen and oxygen atoms in total. The van der Waals surface area contributed by atoms with Crippen LogP contribution in [0.4, 0.5) is 0 Å². The van der Waals surface area contributed by atoms with Gasteiger partial charge < -0.3 is 74.7 Å². The van der Waals surface area contributed by atoms with Crippen LogP contribution >= 0.6 is 0 Å². The highest BCUT2D eigenvalue weighted by atomic mass is 16.8. The fraction of sp³-hybridized carbons (Fsp3) is 0.462. The first-order valence-electron chi connectivity index (χ1n) is 12.6. The summed E-state index contributed by atoms with van der Waals surface area (Å²) in [5, 5.41) is 102. The van der Waals surface area contributed by atoms with Crippen LogP contribution in [0.2, 0.25) is 0 Å². The van der Waals surface area contributed by atoms with Gasteiger partial charge in [-0.1, -0.05) is 0 Å². The van der Waals surface area contributed by atoms with Crippen LogP contribution < -0.4 is 0 Å². The predicted molar refractivity (Wildman–Crippen MR) is 134 cm³/mol. The summed E-state index contributed by atoms with van der Waals surface area (Å²) in [4.78, 5) is 0. The third-order valence-electron chi connectivity index (χ3n) is 7.08. The zero-order valence-electron chi connectivity index (χ0n) is 21.2. The molecule has 1 aromatic carbocycles. The van der Waals surface area contributed by atoms with Gasteiger partial charge in [-0.15, -0.1) is 0 Å². The Morgan fingerprint density at radius 1 is 0.878 bits per heavy atom. The number of aliphatic hydroxyl groups is 10. The molecule has 2 saturated heterocycles. The maximum absolute atomic E-state index is 10.9. The van der Waals surface area contributed by atoms with E-state index < -0.39 is 86.1 Å². The molecule has 3 heterocycles. The average molecular weight is 584 g/mol. The second-order valence-electron chi connectivity index (χ2n) is 9.89. The van der Waals surface area contributed by atoms with E-state index >= 15 is 0 Å². The molecule has 0 bridgehead atoms. The lowest BCUT2D eigenvalue weighted by atomic mass is 9.96. The van der Waals surface area contributed by atoms with Crippen molar-refractivity contribution in [2.24, 2.45) is 0 Å². The van der Waals surface area contributed by atoms with Crippen LogP contribution in [0.5, 0.6) is 11.5 Å². The number of fused-ring (bicyclic) bond motifs is 1. The van der Waals surface area contributed by atoms with Crippen molar-refractivity contribution >= 4 is 5.76 Å². The first-order chi connectivity index (χ1) is 19.5. The summed E-state index contributed by atoms with van der Waals surface area (Å²) in [6, 6.07) is 3.78. The number of benzene rings is 1. The lowest BCUT2D eigenvalue weighted by Gasteiger charge is -2.44. The lowest BCUT2D eigenvalue weighted by molar-refractivity contribution is -0.351. The Balaban J connectivity index is 1.53. The number of ether oxygens (including phenoxy) is 5. The molecule has 0 spiro atoms. The van der Waals surface area contributed by atoms with E-state index in [-0.39, 0.29) is 34.2 Å². The van der Waals surface area contributed by atoms with Crippen LogP contribution in [0.15, 0.2) is 59.3 Å². The smallest absolute Gasteiger partial charge is 0.305 e. The number of hydrogen-bond donors (Lipinski definition) is 10. The number of aromatic hydroxyl groups is 2. The van der Waals surface area contributed by atoms with Crippen LogP contribution in [-0.4, -0.2) is 130 Å². The first kappa shape index (κ1) is 29.1. The van der Waals surface area contributed by atoms with E-state index in [2.05, 4.69) is 4.74 Å². The van der Waals surface area contributed by atoms with Gasteiger partial charge in [-0.05, 0) is 12.1 Å². The predicted octanol–water partition coefficient (Wildman–Crippen LogP) is -2.22. The van der Waals surface area contributed by atoms with E-state index in [1.54, 1.807) is 0 Å². The number of aliphatic hydroxyl groups excluding tert-OH is 8. The average Bonchev–Trinajstić information content (AvgIpc) is 2.94. The van der Waals surface area contributed by atoms with Gasteiger partial charge in [-0.25, -0.2) is 0 Å². The highest BCUT2D eigenvalue weighted by Gasteiger charge is 2.50. The van der Waals surface area contributed by atoms with Crippen molar-refractivity contribution in [1.29, 1.82) is 0 Å². The second-order valence-corrected chi connectivity index (χ2v) is 9.89. The maximum Gasteiger partial charge on any atom is 0.305 e. The molecule has 0 radical (unpaired) electrons. The minimum Gasteiger partial charge on any atom is -0.571 e. The molecule has 10 atom stereocenters. The van der Waals surface area contributed by atoms with Gasteiger partial charge in [0.2, 0.25) is 18.2 Å². The zero-order valence-corrected chi connectivity index (χ0v) is 21.2. The van der Waals surface area contributed by atoms with Gasteiger partial charge in [0.25, 0.3) is 0 Å². The number of rotatable bonds is 6. The maximum atomic E-state index is 10.9. The summed E-state index contributed by atoms with van der Waals surface area (Å²) < 4.78 is 27.2. The van der Waals surface area contributed by atoms with Gasteiger partial charge in [0.15, 0.2) is 23.9 Å². The molecule has 1 aromatic rings.